The predicted octanol–water partition coefficient (Wildman–Crippen LogP) is 1.07. The zero-order chi connectivity index (χ0) is 16.5. The number of benzene rings is 1. The van der Waals surface area contributed by atoms with Crippen molar-refractivity contribution in [2.24, 2.45) is 0 Å². The number of piperazine rings is 2. The van der Waals surface area contributed by atoms with Crippen molar-refractivity contribution in [3.05, 3.63) is 23.9 Å². The summed E-state index contributed by atoms with van der Waals surface area (Å²) in [4.78, 5) is 9.32. The molecule has 0 saturated carbocycles. The first-order chi connectivity index (χ1) is 11.7. The highest BCUT2D eigenvalue weighted by Gasteiger charge is 2.22. The van der Waals surface area contributed by atoms with Gasteiger partial charge in [0.15, 0.2) is 5.75 Å². The maximum absolute atomic E-state index is 10.9. The molecule has 2 aromatic rings. The summed E-state index contributed by atoms with van der Waals surface area (Å²) in [7, 11) is 0. The van der Waals surface area contributed by atoms with E-state index in [9.17, 15) is 5.11 Å². The van der Waals surface area contributed by atoms with Crippen molar-refractivity contribution in [2.75, 3.05) is 62.2 Å². The smallest absolute Gasteiger partial charge is 0.165 e. The highest BCUT2D eigenvalue weighted by atomic mass is 16.3. The molecule has 3 N–H and O–H groups in total. The Morgan fingerprint density at radius 3 is 2.12 bits per heavy atom. The van der Waals surface area contributed by atoms with Gasteiger partial charge in [-0.05, 0) is 25.1 Å². The number of hydrogen-bond donors (Lipinski definition) is 3. The number of fused-ring (bicyclic) bond motifs is 1. The van der Waals surface area contributed by atoms with Crippen molar-refractivity contribution in [1.29, 1.82) is 0 Å². The van der Waals surface area contributed by atoms with E-state index < -0.39 is 0 Å². The highest BCUT2D eigenvalue weighted by Crippen LogP contribution is 2.40. The molecule has 128 valence electrons. The van der Waals surface area contributed by atoms with Gasteiger partial charge in [-0.15, -0.1) is 0 Å². The molecule has 2 aliphatic heterocycles. The first-order valence-corrected chi connectivity index (χ1v) is 8.79. The van der Waals surface area contributed by atoms with Crippen LogP contribution in [-0.4, -0.2) is 62.4 Å². The Balaban J connectivity index is 1.87. The van der Waals surface area contributed by atoms with Gasteiger partial charge in [0, 0.05) is 69.1 Å². The molecule has 2 fully saturated rings. The molecular weight excluding hydrogens is 302 g/mol. The number of phenolic OH excluding ortho intramolecular Hbond substituents is 1. The minimum Gasteiger partial charge on any atom is -0.504 e. The van der Waals surface area contributed by atoms with Gasteiger partial charge in [-0.1, -0.05) is 0 Å². The molecule has 2 saturated heterocycles. The zero-order valence-electron chi connectivity index (χ0n) is 14.2. The molecule has 0 spiro atoms. The Morgan fingerprint density at radius 1 is 0.917 bits per heavy atom. The van der Waals surface area contributed by atoms with E-state index in [0.717, 1.165) is 74.6 Å². The summed E-state index contributed by atoms with van der Waals surface area (Å²) in [5, 5.41) is 18.7. The molecule has 4 rings (SSSR count). The van der Waals surface area contributed by atoms with E-state index >= 15 is 0 Å². The van der Waals surface area contributed by atoms with Crippen LogP contribution in [0.4, 0.5) is 11.4 Å². The Bertz CT molecular complexity index is 736. The molecule has 24 heavy (non-hydrogen) atoms. The summed E-state index contributed by atoms with van der Waals surface area (Å²) in [6.45, 7) is 9.63. The third-order valence-corrected chi connectivity index (χ3v) is 4.97. The molecular formula is C18H25N5O. The third-order valence-electron chi connectivity index (χ3n) is 4.97. The van der Waals surface area contributed by atoms with Crippen molar-refractivity contribution in [3.63, 3.8) is 0 Å². The van der Waals surface area contributed by atoms with Crippen LogP contribution in [0.2, 0.25) is 0 Å². The molecule has 0 atom stereocenters. The summed E-state index contributed by atoms with van der Waals surface area (Å²) < 4.78 is 0. The van der Waals surface area contributed by atoms with Gasteiger partial charge in [0.2, 0.25) is 0 Å². The monoisotopic (exact) mass is 327 g/mol. The van der Waals surface area contributed by atoms with Gasteiger partial charge in [-0.25, -0.2) is 4.98 Å². The van der Waals surface area contributed by atoms with E-state index in [1.165, 1.54) is 5.69 Å². The summed E-state index contributed by atoms with van der Waals surface area (Å²) >= 11 is 0. The largest absolute Gasteiger partial charge is 0.504 e. The fraction of sp³-hybridized carbons (Fsp3) is 0.500. The fourth-order valence-corrected chi connectivity index (χ4v) is 3.65. The van der Waals surface area contributed by atoms with Crippen LogP contribution in [0, 0.1) is 6.92 Å². The van der Waals surface area contributed by atoms with Crippen LogP contribution in [0.5, 0.6) is 5.75 Å². The molecule has 6 heteroatoms. The number of nitrogens with zero attached hydrogens (tertiary/aromatic N) is 3. The lowest BCUT2D eigenvalue weighted by Crippen LogP contribution is -2.44. The standard InChI is InChI=1S/C18H25N5O/c1-13-2-3-14-15(22-8-4-19-5-9-22)12-16(18(24)17(14)21-13)23-10-6-20-7-11-23/h2-3,12,19-20,24H,4-11H2,1H3. The second-order valence-electron chi connectivity index (χ2n) is 6.59. The Hall–Kier alpha value is -2.05. The average Bonchev–Trinajstić information content (AvgIpc) is 2.64. The minimum atomic E-state index is 0.314. The highest BCUT2D eigenvalue weighted by molar-refractivity contribution is 6.00. The van der Waals surface area contributed by atoms with Crippen LogP contribution in [0.15, 0.2) is 18.2 Å². The number of aryl methyl sites for hydroxylation is 1. The molecule has 0 radical (unpaired) electrons. The summed E-state index contributed by atoms with van der Waals surface area (Å²) in [6.07, 6.45) is 0. The SMILES string of the molecule is Cc1ccc2c(N3CCNCC3)cc(N3CCNCC3)c(O)c2n1. The van der Waals surface area contributed by atoms with Gasteiger partial charge >= 0.3 is 0 Å². The van der Waals surface area contributed by atoms with Crippen LogP contribution in [0.25, 0.3) is 10.9 Å². The molecule has 6 nitrogen and oxygen atoms in total. The lowest BCUT2D eigenvalue weighted by atomic mass is 10.1. The number of phenols is 1. The van der Waals surface area contributed by atoms with Crippen molar-refractivity contribution >= 4 is 22.3 Å². The molecule has 2 aliphatic rings. The van der Waals surface area contributed by atoms with E-state index in [1.54, 1.807) is 0 Å². The first-order valence-electron chi connectivity index (χ1n) is 8.79. The van der Waals surface area contributed by atoms with Crippen LogP contribution >= 0.6 is 0 Å². The fourth-order valence-electron chi connectivity index (χ4n) is 3.65. The molecule has 1 aromatic heterocycles. The molecule has 3 heterocycles. The number of pyridine rings is 1. The topological polar surface area (TPSA) is 63.7 Å². The van der Waals surface area contributed by atoms with Crippen LogP contribution in [-0.2, 0) is 0 Å². The van der Waals surface area contributed by atoms with Crippen molar-refractivity contribution in [2.45, 2.75) is 6.92 Å². The second kappa shape index (κ2) is 6.45. The lowest BCUT2D eigenvalue weighted by Gasteiger charge is -2.34. The summed E-state index contributed by atoms with van der Waals surface area (Å²) in [5.74, 6) is 0.314. The molecule has 0 unspecified atom stereocenters. The number of rotatable bonds is 2. The van der Waals surface area contributed by atoms with Crippen molar-refractivity contribution in [1.82, 2.24) is 15.6 Å². The van der Waals surface area contributed by atoms with Crippen LogP contribution in [0.3, 0.4) is 0 Å². The van der Waals surface area contributed by atoms with Crippen LogP contribution < -0.4 is 20.4 Å². The number of anilines is 2. The van der Waals surface area contributed by atoms with Gasteiger partial charge in [-0.2, -0.15) is 0 Å². The van der Waals surface area contributed by atoms with Gasteiger partial charge in [0.25, 0.3) is 0 Å². The average molecular weight is 327 g/mol. The van der Waals surface area contributed by atoms with Gasteiger partial charge in [0.05, 0.1) is 5.69 Å². The quantitative estimate of drug-likeness (QED) is 0.767. The number of hydrogen-bond acceptors (Lipinski definition) is 6. The molecule has 0 aliphatic carbocycles. The Labute approximate surface area is 142 Å². The number of aromatic nitrogens is 1. The molecule has 1 aromatic carbocycles. The van der Waals surface area contributed by atoms with E-state index in [2.05, 4.69) is 37.6 Å². The Kier molecular flexibility index (Phi) is 4.16. The van der Waals surface area contributed by atoms with Crippen molar-refractivity contribution in [3.8, 4) is 5.75 Å². The van der Waals surface area contributed by atoms with E-state index in [1.807, 2.05) is 13.0 Å². The third kappa shape index (κ3) is 2.76. The second-order valence-corrected chi connectivity index (χ2v) is 6.59. The van der Waals surface area contributed by atoms with Crippen molar-refractivity contribution < 1.29 is 5.11 Å². The Morgan fingerprint density at radius 2 is 1.50 bits per heavy atom. The molecule has 0 amide bonds. The van der Waals surface area contributed by atoms with Gasteiger partial charge in [-0.3, -0.25) is 0 Å². The summed E-state index contributed by atoms with van der Waals surface area (Å²) in [6, 6.07) is 6.28. The maximum atomic E-state index is 10.9. The predicted molar refractivity (Wildman–Crippen MR) is 98.3 cm³/mol. The van der Waals surface area contributed by atoms with E-state index in [-0.39, 0.29) is 0 Å². The summed E-state index contributed by atoms with van der Waals surface area (Å²) in [5.41, 5.74) is 3.75. The van der Waals surface area contributed by atoms with Crippen LogP contribution in [0.1, 0.15) is 5.69 Å². The normalized spacial score (nSPS) is 19.0. The zero-order valence-corrected chi connectivity index (χ0v) is 14.2. The van der Waals surface area contributed by atoms with E-state index in [0.29, 0.717) is 5.75 Å². The number of aromatic hydroxyl groups is 1. The first kappa shape index (κ1) is 15.5. The molecule has 0 bridgehead atoms. The number of nitrogens with one attached hydrogen (secondary N) is 2. The van der Waals surface area contributed by atoms with Gasteiger partial charge in [0.1, 0.15) is 5.52 Å². The van der Waals surface area contributed by atoms with Gasteiger partial charge < -0.3 is 25.5 Å². The lowest BCUT2D eigenvalue weighted by molar-refractivity contribution is 0.475. The van der Waals surface area contributed by atoms with E-state index in [4.69, 9.17) is 0 Å². The maximum Gasteiger partial charge on any atom is 0.165 e. The minimum absolute atomic E-state index is 0.314.